The van der Waals surface area contributed by atoms with Crippen LogP contribution in [0.25, 0.3) is 10.9 Å². The number of rotatable bonds is 5. The number of fused-ring (bicyclic) bond motifs is 2. The van der Waals surface area contributed by atoms with E-state index in [1.807, 2.05) is 24.3 Å². The van der Waals surface area contributed by atoms with E-state index >= 15 is 0 Å². The van der Waals surface area contributed by atoms with Gasteiger partial charge in [0.1, 0.15) is 17.9 Å². The Hall–Kier alpha value is -3.35. The summed E-state index contributed by atoms with van der Waals surface area (Å²) in [6.45, 7) is 1.30. The largest absolute Gasteiger partial charge is 0.471 e. The van der Waals surface area contributed by atoms with Gasteiger partial charge in [-0.1, -0.05) is 6.07 Å². The lowest BCUT2D eigenvalue weighted by Crippen LogP contribution is -2.07. The lowest BCUT2D eigenvalue weighted by Gasteiger charge is -2.09. The Morgan fingerprint density at radius 3 is 3.12 bits per heavy atom. The van der Waals surface area contributed by atoms with Gasteiger partial charge in [0.2, 0.25) is 0 Å². The van der Waals surface area contributed by atoms with E-state index in [1.165, 1.54) is 11.9 Å². The average molecular weight is 334 g/mol. The predicted molar refractivity (Wildman–Crippen MR) is 99.6 cm³/mol. The maximum atomic E-state index is 5.44. The Morgan fingerprint density at radius 1 is 1.24 bits per heavy atom. The van der Waals surface area contributed by atoms with Crippen molar-refractivity contribution >= 4 is 34.4 Å². The number of nitrogens with one attached hydrogen (secondary N) is 2. The molecule has 0 spiro atoms. The monoisotopic (exact) mass is 334 g/mol. The summed E-state index contributed by atoms with van der Waals surface area (Å²) in [5.41, 5.74) is 9.30. The number of aliphatic imine (C=N–C) groups is 1. The van der Waals surface area contributed by atoms with Crippen LogP contribution in [0, 0.1) is 0 Å². The summed E-state index contributed by atoms with van der Waals surface area (Å²) in [5, 5.41) is 7.52. The molecule has 3 aromatic rings. The molecule has 4 N–H and O–H groups in total. The fourth-order valence-electron chi connectivity index (χ4n) is 2.87. The fourth-order valence-corrected chi connectivity index (χ4v) is 2.87. The highest BCUT2D eigenvalue weighted by Crippen LogP contribution is 2.30. The van der Waals surface area contributed by atoms with Gasteiger partial charge in [0.15, 0.2) is 6.73 Å². The summed E-state index contributed by atoms with van der Waals surface area (Å²) in [6, 6.07) is 11.9. The zero-order chi connectivity index (χ0) is 17.1. The zero-order valence-corrected chi connectivity index (χ0v) is 13.6. The highest BCUT2D eigenvalue weighted by atomic mass is 16.5. The molecule has 0 unspecified atom stereocenters. The van der Waals surface area contributed by atoms with Gasteiger partial charge in [-0.15, -0.1) is 0 Å². The Bertz CT molecular complexity index is 940. The first-order valence-electron chi connectivity index (χ1n) is 8.06. The first-order chi connectivity index (χ1) is 12.3. The molecular weight excluding hydrogens is 316 g/mol. The maximum absolute atomic E-state index is 5.44. The van der Waals surface area contributed by atoms with Crippen molar-refractivity contribution in [2.45, 2.75) is 6.42 Å². The van der Waals surface area contributed by atoms with E-state index in [1.54, 1.807) is 6.33 Å². The Morgan fingerprint density at radius 2 is 2.20 bits per heavy atom. The number of ether oxygens (including phenoxy) is 1. The van der Waals surface area contributed by atoms with Crippen molar-refractivity contribution in [2.75, 3.05) is 23.9 Å². The van der Waals surface area contributed by atoms with Crippen LogP contribution in [0.5, 0.6) is 5.75 Å². The van der Waals surface area contributed by atoms with Crippen LogP contribution >= 0.6 is 0 Å². The highest BCUT2D eigenvalue weighted by molar-refractivity contribution is 5.91. The molecule has 0 saturated heterocycles. The second-order valence-electron chi connectivity index (χ2n) is 5.67. The first kappa shape index (κ1) is 15.2. The number of aromatic nitrogens is 2. The molecule has 25 heavy (non-hydrogen) atoms. The summed E-state index contributed by atoms with van der Waals surface area (Å²) in [7, 11) is 0. The molecule has 1 aliphatic rings. The molecule has 1 aliphatic heterocycles. The number of hydrogen-bond donors (Lipinski definition) is 3. The summed E-state index contributed by atoms with van der Waals surface area (Å²) in [5.74, 6) is 1.70. The fraction of sp³-hybridized carbons (Fsp3) is 0.167. The predicted octanol–water partition coefficient (Wildman–Crippen LogP) is 2.66. The first-order valence-corrected chi connectivity index (χ1v) is 8.06. The van der Waals surface area contributed by atoms with E-state index in [-0.39, 0.29) is 0 Å². The van der Waals surface area contributed by atoms with Crippen LogP contribution in [0.2, 0.25) is 0 Å². The van der Waals surface area contributed by atoms with Gasteiger partial charge in [0.05, 0.1) is 23.2 Å². The minimum absolute atomic E-state index is 0.539. The summed E-state index contributed by atoms with van der Waals surface area (Å²) < 4.78 is 5.44. The SMILES string of the molecule is NC=Nc1ccc2ncnc(NCCc3ccc4c(c3)NCO4)c2c1. The summed E-state index contributed by atoms with van der Waals surface area (Å²) in [6.07, 6.45) is 3.72. The molecule has 126 valence electrons. The van der Waals surface area contributed by atoms with Gasteiger partial charge in [-0.3, -0.25) is 0 Å². The lowest BCUT2D eigenvalue weighted by atomic mass is 10.1. The Labute approximate surface area is 145 Å². The van der Waals surface area contributed by atoms with E-state index < -0.39 is 0 Å². The molecule has 0 atom stereocenters. The molecule has 0 aliphatic carbocycles. The number of nitrogens with two attached hydrogens (primary N) is 1. The molecule has 1 aromatic heterocycles. The van der Waals surface area contributed by atoms with E-state index in [4.69, 9.17) is 10.5 Å². The van der Waals surface area contributed by atoms with Crippen molar-refractivity contribution < 1.29 is 4.74 Å². The zero-order valence-electron chi connectivity index (χ0n) is 13.6. The minimum Gasteiger partial charge on any atom is -0.471 e. The van der Waals surface area contributed by atoms with Crippen LogP contribution in [0.3, 0.4) is 0 Å². The minimum atomic E-state index is 0.539. The molecule has 0 saturated carbocycles. The van der Waals surface area contributed by atoms with E-state index in [9.17, 15) is 0 Å². The van der Waals surface area contributed by atoms with Crippen LogP contribution in [-0.4, -0.2) is 29.6 Å². The van der Waals surface area contributed by atoms with Gasteiger partial charge in [0.25, 0.3) is 0 Å². The van der Waals surface area contributed by atoms with Gasteiger partial charge in [-0.2, -0.15) is 0 Å². The quantitative estimate of drug-likeness (QED) is 0.490. The molecule has 2 aromatic carbocycles. The molecule has 0 bridgehead atoms. The standard InChI is InChI=1S/C18H18N6O/c19-9-21-13-2-3-15-14(8-13)18(23-10-22-15)20-6-5-12-1-4-17-16(7-12)24-11-25-17/h1-4,7-10,24H,5-6,11H2,(H2,19,21)(H,20,22,23). The summed E-state index contributed by atoms with van der Waals surface area (Å²) in [4.78, 5) is 12.8. The summed E-state index contributed by atoms with van der Waals surface area (Å²) >= 11 is 0. The van der Waals surface area contributed by atoms with Gasteiger partial charge in [0, 0.05) is 11.9 Å². The normalized spacial score (nSPS) is 12.8. The van der Waals surface area contributed by atoms with Crippen LogP contribution < -0.4 is 21.1 Å². The average Bonchev–Trinajstić information content (AvgIpc) is 3.10. The van der Waals surface area contributed by atoms with Crippen molar-refractivity contribution in [3.8, 4) is 5.75 Å². The Balaban J connectivity index is 1.49. The van der Waals surface area contributed by atoms with Crippen molar-refractivity contribution in [2.24, 2.45) is 10.7 Å². The van der Waals surface area contributed by atoms with Crippen molar-refractivity contribution in [3.05, 3.63) is 48.3 Å². The molecule has 0 amide bonds. The lowest BCUT2D eigenvalue weighted by molar-refractivity contribution is 0.372. The second kappa shape index (κ2) is 6.64. The maximum Gasteiger partial charge on any atom is 0.159 e. The van der Waals surface area contributed by atoms with Gasteiger partial charge >= 0.3 is 0 Å². The van der Waals surface area contributed by atoms with Crippen molar-refractivity contribution in [1.82, 2.24) is 9.97 Å². The number of hydrogen-bond acceptors (Lipinski definition) is 6. The molecule has 7 nitrogen and oxygen atoms in total. The van der Waals surface area contributed by atoms with E-state index in [2.05, 4.69) is 37.7 Å². The van der Waals surface area contributed by atoms with E-state index in [0.29, 0.717) is 6.73 Å². The van der Waals surface area contributed by atoms with Crippen LogP contribution in [0.1, 0.15) is 5.56 Å². The van der Waals surface area contributed by atoms with Crippen molar-refractivity contribution in [3.63, 3.8) is 0 Å². The molecule has 0 fully saturated rings. The van der Waals surface area contributed by atoms with Gasteiger partial charge in [-0.25, -0.2) is 15.0 Å². The molecule has 0 radical (unpaired) electrons. The third-order valence-corrected chi connectivity index (χ3v) is 4.08. The molecule has 4 rings (SSSR count). The molecular formula is C18H18N6O. The second-order valence-corrected chi connectivity index (χ2v) is 5.67. The van der Waals surface area contributed by atoms with E-state index in [0.717, 1.165) is 46.8 Å². The van der Waals surface area contributed by atoms with Gasteiger partial charge < -0.3 is 21.1 Å². The number of nitrogens with zero attached hydrogens (tertiary/aromatic N) is 3. The van der Waals surface area contributed by atoms with Crippen molar-refractivity contribution in [1.29, 1.82) is 0 Å². The van der Waals surface area contributed by atoms with Gasteiger partial charge in [-0.05, 0) is 42.3 Å². The molecule has 2 heterocycles. The third-order valence-electron chi connectivity index (χ3n) is 4.08. The van der Waals surface area contributed by atoms with Crippen LogP contribution in [0.4, 0.5) is 17.2 Å². The number of anilines is 2. The smallest absolute Gasteiger partial charge is 0.159 e. The highest BCUT2D eigenvalue weighted by Gasteiger charge is 2.11. The molecule has 7 heteroatoms. The van der Waals surface area contributed by atoms with Crippen LogP contribution in [-0.2, 0) is 6.42 Å². The Kier molecular flexibility index (Phi) is 4.04. The van der Waals surface area contributed by atoms with Crippen LogP contribution in [0.15, 0.2) is 47.7 Å². The number of benzene rings is 2. The third kappa shape index (κ3) is 3.16. The topological polar surface area (TPSA) is 97.5 Å².